The van der Waals surface area contributed by atoms with E-state index in [9.17, 15) is 13.2 Å². The molecule has 0 saturated heterocycles. The minimum Gasteiger partial charge on any atom is -0.399 e. The largest absolute Gasteiger partial charge is 0.416 e. The molecule has 0 heterocycles. The van der Waals surface area contributed by atoms with Crippen molar-refractivity contribution in [2.45, 2.75) is 19.0 Å². The summed E-state index contributed by atoms with van der Waals surface area (Å²) in [6, 6.07) is 3.43. The van der Waals surface area contributed by atoms with Crippen molar-refractivity contribution in [3.8, 4) is 11.8 Å². The summed E-state index contributed by atoms with van der Waals surface area (Å²) in [6.07, 6.45) is -1.01. The summed E-state index contributed by atoms with van der Waals surface area (Å²) in [6.45, 7) is 0. The van der Waals surface area contributed by atoms with Crippen LogP contribution in [0.25, 0.3) is 0 Å². The van der Waals surface area contributed by atoms with E-state index in [-0.39, 0.29) is 0 Å². The molecule has 0 aromatic heterocycles. The highest BCUT2D eigenvalue weighted by molar-refractivity contribution is 5.83. The fourth-order valence-electron chi connectivity index (χ4n) is 1.48. The van der Waals surface area contributed by atoms with Gasteiger partial charge in [0.15, 0.2) is 0 Å². The van der Waals surface area contributed by atoms with Gasteiger partial charge in [-0.3, -0.25) is 0 Å². The Morgan fingerprint density at radius 2 is 2.11 bits per heavy atom. The highest BCUT2D eigenvalue weighted by Gasteiger charge is 2.30. The van der Waals surface area contributed by atoms with Crippen LogP contribution in [0.4, 0.5) is 13.2 Å². The molecule has 2 rings (SSSR count). The monoisotopic (exact) mass is 267 g/mol. The van der Waals surface area contributed by atoms with Gasteiger partial charge in [-0.25, -0.2) is 0 Å². The number of oxime groups is 1. The molecule has 0 spiro atoms. The molecule has 0 bridgehead atoms. The van der Waals surface area contributed by atoms with Crippen LogP contribution < -0.4 is 0 Å². The minimum absolute atomic E-state index is 0.310. The fourth-order valence-corrected chi connectivity index (χ4v) is 1.48. The van der Waals surface area contributed by atoms with Crippen LogP contribution in [0.3, 0.4) is 0 Å². The fraction of sp³-hybridized carbons (Fsp3) is 0.357. The van der Waals surface area contributed by atoms with Gasteiger partial charge in [-0.15, -0.1) is 0 Å². The Morgan fingerprint density at radius 3 is 2.68 bits per heavy atom. The van der Waals surface area contributed by atoms with Crippen LogP contribution in [-0.4, -0.2) is 13.3 Å². The molecule has 2 nitrogen and oxygen atoms in total. The van der Waals surface area contributed by atoms with Gasteiger partial charge in [0.05, 0.1) is 11.8 Å². The Balaban J connectivity index is 2.36. The van der Waals surface area contributed by atoms with E-state index in [0.717, 1.165) is 25.0 Å². The molecule has 100 valence electrons. The van der Waals surface area contributed by atoms with Gasteiger partial charge in [-0.05, 0) is 31.0 Å². The van der Waals surface area contributed by atoms with Crippen molar-refractivity contribution in [2.24, 2.45) is 11.1 Å². The molecule has 0 unspecified atom stereocenters. The van der Waals surface area contributed by atoms with Crippen LogP contribution in [0.15, 0.2) is 23.4 Å². The predicted molar refractivity (Wildman–Crippen MR) is 65.6 cm³/mol. The number of rotatable bonds is 2. The van der Waals surface area contributed by atoms with Crippen molar-refractivity contribution in [1.29, 1.82) is 0 Å². The topological polar surface area (TPSA) is 21.6 Å². The smallest absolute Gasteiger partial charge is 0.399 e. The molecular weight excluding hydrogens is 255 g/mol. The molecular formula is C14H12F3NO. The molecule has 0 N–H and O–H groups in total. The third kappa shape index (κ3) is 3.75. The highest BCUT2D eigenvalue weighted by Crippen LogP contribution is 2.31. The van der Waals surface area contributed by atoms with E-state index in [4.69, 9.17) is 0 Å². The number of alkyl halides is 3. The Labute approximate surface area is 109 Å². The molecule has 0 radical (unpaired) electrons. The molecule has 1 fully saturated rings. The second-order valence-corrected chi connectivity index (χ2v) is 4.26. The summed E-state index contributed by atoms with van der Waals surface area (Å²) >= 11 is 0. The van der Waals surface area contributed by atoms with E-state index in [2.05, 4.69) is 21.8 Å². The Kier molecular flexibility index (Phi) is 3.79. The molecule has 5 heteroatoms. The maximum absolute atomic E-state index is 12.6. The second-order valence-electron chi connectivity index (χ2n) is 4.26. The number of hydrogen-bond acceptors (Lipinski definition) is 2. The first-order chi connectivity index (χ1) is 9.00. The van der Waals surface area contributed by atoms with Gasteiger partial charge in [0, 0.05) is 17.0 Å². The molecule has 19 heavy (non-hydrogen) atoms. The van der Waals surface area contributed by atoms with Crippen molar-refractivity contribution in [2.75, 3.05) is 7.11 Å². The van der Waals surface area contributed by atoms with E-state index in [1.54, 1.807) is 0 Å². The van der Waals surface area contributed by atoms with E-state index >= 15 is 0 Å². The lowest BCUT2D eigenvalue weighted by atomic mass is 10.0. The second kappa shape index (κ2) is 5.35. The van der Waals surface area contributed by atoms with Crippen LogP contribution in [0, 0.1) is 17.8 Å². The van der Waals surface area contributed by atoms with Gasteiger partial charge >= 0.3 is 6.18 Å². The van der Waals surface area contributed by atoms with E-state index in [0.29, 0.717) is 17.0 Å². The van der Waals surface area contributed by atoms with Crippen molar-refractivity contribution in [1.82, 2.24) is 0 Å². The third-order valence-corrected chi connectivity index (χ3v) is 2.66. The van der Waals surface area contributed by atoms with Gasteiger partial charge < -0.3 is 4.84 Å². The molecule has 0 amide bonds. The van der Waals surface area contributed by atoms with Crippen LogP contribution in [0.1, 0.15) is 29.5 Å². The molecule has 1 aliphatic carbocycles. The summed E-state index contributed by atoms with van der Waals surface area (Å²) in [5.41, 5.74) is 0.118. The molecule has 1 aliphatic rings. The zero-order chi connectivity index (χ0) is 13.9. The third-order valence-electron chi connectivity index (χ3n) is 2.66. The van der Waals surface area contributed by atoms with Crippen LogP contribution in [-0.2, 0) is 11.0 Å². The quantitative estimate of drug-likeness (QED) is 0.457. The lowest BCUT2D eigenvalue weighted by Crippen LogP contribution is -2.06. The van der Waals surface area contributed by atoms with E-state index < -0.39 is 11.7 Å². The molecule has 1 aromatic rings. The highest BCUT2D eigenvalue weighted by atomic mass is 19.4. The van der Waals surface area contributed by atoms with Crippen LogP contribution in [0.5, 0.6) is 0 Å². The van der Waals surface area contributed by atoms with Gasteiger partial charge in [0.2, 0.25) is 0 Å². The van der Waals surface area contributed by atoms with Crippen LogP contribution in [0.2, 0.25) is 0 Å². The molecule has 0 aliphatic heterocycles. The molecule has 1 saturated carbocycles. The number of nitrogens with zero attached hydrogens (tertiary/aromatic N) is 1. The predicted octanol–water partition coefficient (Wildman–Crippen LogP) is 3.45. The van der Waals surface area contributed by atoms with Crippen molar-refractivity contribution in [3.05, 3.63) is 34.9 Å². The standard InChI is InChI=1S/C14H12F3NO/c1-19-18-9-12-8-13(14(15,16)17)7-6-11(12)5-4-10-2-3-10/h6-10H,2-3H2,1H3/b18-9+. The Hall–Kier alpha value is -1.96. The lowest BCUT2D eigenvalue weighted by Gasteiger charge is -2.08. The van der Waals surface area contributed by atoms with E-state index in [1.165, 1.54) is 19.4 Å². The first-order valence-electron chi connectivity index (χ1n) is 5.80. The SMILES string of the molecule is CO/N=C/c1cc(C(F)(F)F)ccc1C#CC1CC1. The van der Waals surface area contributed by atoms with E-state index in [1.807, 2.05) is 0 Å². The van der Waals surface area contributed by atoms with Gasteiger partial charge in [0.1, 0.15) is 7.11 Å². The first-order valence-corrected chi connectivity index (χ1v) is 5.80. The molecule has 1 aromatic carbocycles. The lowest BCUT2D eigenvalue weighted by molar-refractivity contribution is -0.137. The van der Waals surface area contributed by atoms with Crippen molar-refractivity contribution >= 4 is 6.21 Å². The van der Waals surface area contributed by atoms with Gasteiger partial charge in [-0.1, -0.05) is 17.0 Å². The number of benzene rings is 1. The maximum Gasteiger partial charge on any atom is 0.416 e. The number of hydrogen-bond donors (Lipinski definition) is 0. The minimum atomic E-state index is -4.38. The first kappa shape index (κ1) is 13.5. The maximum atomic E-state index is 12.6. The van der Waals surface area contributed by atoms with Crippen molar-refractivity contribution in [3.63, 3.8) is 0 Å². The average Bonchev–Trinajstić information content (AvgIpc) is 3.17. The summed E-state index contributed by atoms with van der Waals surface area (Å²) in [5, 5.41) is 3.51. The number of halogens is 3. The summed E-state index contributed by atoms with van der Waals surface area (Å²) in [4.78, 5) is 4.50. The zero-order valence-electron chi connectivity index (χ0n) is 10.3. The van der Waals surface area contributed by atoms with Crippen LogP contribution >= 0.6 is 0 Å². The zero-order valence-corrected chi connectivity index (χ0v) is 10.3. The molecule has 0 atom stereocenters. The van der Waals surface area contributed by atoms with Gasteiger partial charge in [0.25, 0.3) is 0 Å². The summed E-state index contributed by atoms with van der Waals surface area (Å²) in [7, 11) is 1.33. The van der Waals surface area contributed by atoms with Crippen molar-refractivity contribution < 1.29 is 18.0 Å². The van der Waals surface area contributed by atoms with Gasteiger partial charge in [-0.2, -0.15) is 13.2 Å². The Morgan fingerprint density at radius 1 is 1.37 bits per heavy atom. The summed E-state index contributed by atoms with van der Waals surface area (Å²) in [5.74, 6) is 6.30. The normalized spacial score (nSPS) is 15.2. The Bertz CT molecular complexity index is 548. The summed E-state index contributed by atoms with van der Waals surface area (Å²) < 4.78 is 37.9. The average molecular weight is 267 g/mol.